The molecule has 19 heavy (non-hydrogen) atoms. The lowest BCUT2D eigenvalue weighted by Gasteiger charge is -2.00. The quantitative estimate of drug-likeness (QED) is 0.783. The van der Waals surface area contributed by atoms with Crippen molar-refractivity contribution in [1.82, 2.24) is 19.7 Å². The van der Waals surface area contributed by atoms with Crippen molar-refractivity contribution < 1.29 is 8.42 Å². The maximum absolute atomic E-state index is 11.5. The van der Waals surface area contributed by atoms with E-state index in [0.29, 0.717) is 10.7 Å². The van der Waals surface area contributed by atoms with Gasteiger partial charge in [-0.15, -0.1) is 10.2 Å². The fraction of sp³-hybridized carbons (Fsp3) is 0.500. The van der Waals surface area contributed by atoms with E-state index in [1.54, 1.807) is 18.8 Å². The molecule has 6 nitrogen and oxygen atoms in total. The van der Waals surface area contributed by atoms with Gasteiger partial charge in [0.2, 0.25) is 15.0 Å². The highest BCUT2D eigenvalue weighted by Gasteiger charge is 2.19. The Hall–Kier alpha value is -0.930. The van der Waals surface area contributed by atoms with Crippen LogP contribution in [0.4, 0.5) is 0 Å². The van der Waals surface area contributed by atoms with Crippen LogP contribution < -0.4 is 0 Å². The Morgan fingerprint density at radius 1 is 1.42 bits per heavy atom. The lowest BCUT2D eigenvalue weighted by Crippen LogP contribution is -2.06. The van der Waals surface area contributed by atoms with Crippen molar-refractivity contribution in [3.05, 3.63) is 6.20 Å². The first-order chi connectivity index (χ1) is 8.93. The predicted molar refractivity (Wildman–Crippen MR) is 76.2 cm³/mol. The maximum Gasteiger partial charge on any atom is 0.227 e. The monoisotopic (exact) mass is 318 g/mol. The van der Waals surface area contributed by atoms with E-state index in [4.69, 9.17) is 0 Å². The van der Waals surface area contributed by atoms with Crippen LogP contribution in [0.5, 0.6) is 0 Å². The van der Waals surface area contributed by atoms with Crippen molar-refractivity contribution in [3.8, 4) is 10.7 Å². The number of rotatable bonds is 5. The Balaban J connectivity index is 2.33. The highest BCUT2D eigenvalue weighted by Crippen LogP contribution is 2.30. The second-order valence-corrected chi connectivity index (χ2v) is 8.21. The van der Waals surface area contributed by atoms with E-state index in [1.165, 1.54) is 22.1 Å². The van der Waals surface area contributed by atoms with Gasteiger partial charge in [-0.2, -0.15) is 0 Å². The third-order valence-corrected chi connectivity index (χ3v) is 5.66. The predicted octanol–water partition coefficient (Wildman–Crippen LogP) is 1.84. The van der Waals surface area contributed by atoms with Crippen molar-refractivity contribution >= 4 is 32.9 Å². The lowest BCUT2D eigenvalue weighted by molar-refractivity contribution is 0.585. The molecule has 0 unspecified atom stereocenters. The molecule has 0 bridgehead atoms. The number of hydrogen-bond donors (Lipinski definition) is 0. The number of thioether (sulfide) groups is 1. The molecule has 0 atom stereocenters. The molecule has 2 aromatic heterocycles. The average Bonchev–Trinajstić information content (AvgIpc) is 2.91. The topological polar surface area (TPSA) is 77.7 Å². The van der Waals surface area contributed by atoms with Gasteiger partial charge in [-0.1, -0.05) is 30.0 Å². The van der Waals surface area contributed by atoms with Crippen LogP contribution in [0.2, 0.25) is 0 Å². The van der Waals surface area contributed by atoms with Crippen LogP contribution in [-0.2, 0) is 16.9 Å². The average molecular weight is 318 g/mol. The molecule has 0 N–H and O–H groups in total. The molecule has 0 aliphatic rings. The summed E-state index contributed by atoms with van der Waals surface area (Å²) in [6.45, 7) is 2.11. The minimum atomic E-state index is -3.32. The molecular weight excluding hydrogens is 304 g/mol. The third kappa shape index (κ3) is 3.15. The van der Waals surface area contributed by atoms with Crippen molar-refractivity contribution in [3.63, 3.8) is 0 Å². The minimum Gasteiger partial charge on any atom is -0.316 e. The first-order valence-electron chi connectivity index (χ1n) is 5.62. The Morgan fingerprint density at radius 2 is 2.16 bits per heavy atom. The molecule has 0 aliphatic carbocycles. The van der Waals surface area contributed by atoms with Gasteiger partial charge in [0.1, 0.15) is 0 Å². The van der Waals surface area contributed by atoms with Crippen molar-refractivity contribution in [2.75, 3.05) is 12.0 Å². The summed E-state index contributed by atoms with van der Waals surface area (Å²) in [5.74, 6) is 0.995. The number of hydrogen-bond acceptors (Lipinski definition) is 7. The van der Waals surface area contributed by atoms with Gasteiger partial charge < -0.3 is 4.57 Å². The van der Waals surface area contributed by atoms with E-state index in [1.807, 2.05) is 0 Å². The molecule has 0 amide bonds. The lowest BCUT2D eigenvalue weighted by atomic mass is 10.5. The van der Waals surface area contributed by atoms with Crippen LogP contribution in [0.3, 0.4) is 0 Å². The number of aromatic nitrogens is 4. The summed E-state index contributed by atoms with van der Waals surface area (Å²) >= 11 is 3.10. The summed E-state index contributed by atoms with van der Waals surface area (Å²) in [6.07, 6.45) is 3.73. The van der Waals surface area contributed by atoms with Crippen LogP contribution in [0, 0.1) is 0 Å². The fourth-order valence-electron chi connectivity index (χ4n) is 1.50. The Kier molecular flexibility index (Phi) is 4.26. The molecule has 0 aliphatic heterocycles. The molecule has 0 spiro atoms. The zero-order valence-electron chi connectivity index (χ0n) is 10.8. The minimum absolute atomic E-state index is 0.0421. The Labute approximate surface area is 120 Å². The van der Waals surface area contributed by atoms with E-state index in [9.17, 15) is 8.42 Å². The van der Waals surface area contributed by atoms with E-state index in [2.05, 4.69) is 22.1 Å². The molecule has 0 fully saturated rings. The Morgan fingerprint density at radius 3 is 2.74 bits per heavy atom. The molecule has 104 valence electrons. The largest absolute Gasteiger partial charge is 0.316 e. The van der Waals surface area contributed by atoms with Gasteiger partial charge in [-0.05, 0) is 6.42 Å². The summed E-state index contributed by atoms with van der Waals surface area (Å²) < 4.78 is 25.5. The van der Waals surface area contributed by atoms with Gasteiger partial charge in [0, 0.05) is 19.1 Å². The van der Waals surface area contributed by atoms with Gasteiger partial charge in [0.05, 0.1) is 11.9 Å². The molecular formula is C10H14N4O2S3. The SMILES string of the molecule is CCCSc1nnc(-c2cnc(S(C)(=O)=O)n2C)s1. The van der Waals surface area contributed by atoms with Gasteiger partial charge in [0.15, 0.2) is 9.35 Å². The highest BCUT2D eigenvalue weighted by molar-refractivity contribution is 8.01. The maximum atomic E-state index is 11.5. The van der Waals surface area contributed by atoms with E-state index < -0.39 is 9.84 Å². The summed E-state index contributed by atoms with van der Waals surface area (Å²) in [4.78, 5) is 3.94. The standard InChI is InChI=1S/C10H14N4O2S3/c1-4-5-17-10-13-12-8(18-10)7-6-11-9(14(7)2)19(3,15)16/h6H,4-5H2,1-3H3. The smallest absolute Gasteiger partial charge is 0.227 e. The Bertz CT molecular complexity index is 675. The molecule has 0 saturated heterocycles. The third-order valence-electron chi connectivity index (χ3n) is 2.33. The highest BCUT2D eigenvalue weighted by atomic mass is 32.2. The van der Waals surface area contributed by atoms with Gasteiger partial charge in [0.25, 0.3) is 0 Å². The molecule has 2 aromatic rings. The molecule has 0 saturated carbocycles. The van der Waals surface area contributed by atoms with E-state index >= 15 is 0 Å². The van der Waals surface area contributed by atoms with Crippen molar-refractivity contribution in [2.24, 2.45) is 7.05 Å². The summed E-state index contributed by atoms with van der Waals surface area (Å²) in [6, 6.07) is 0. The zero-order chi connectivity index (χ0) is 14.0. The van der Waals surface area contributed by atoms with Crippen molar-refractivity contribution in [1.29, 1.82) is 0 Å². The summed E-state index contributed by atoms with van der Waals surface area (Å²) in [7, 11) is -1.66. The first-order valence-corrected chi connectivity index (χ1v) is 9.31. The number of imidazole rings is 1. The summed E-state index contributed by atoms with van der Waals surface area (Å²) in [5.41, 5.74) is 0.668. The van der Waals surface area contributed by atoms with Crippen LogP contribution >= 0.6 is 23.1 Å². The van der Waals surface area contributed by atoms with Gasteiger partial charge >= 0.3 is 0 Å². The van der Waals surface area contributed by atoms with Crippen molar-refractivity contribution in [2.45, 2.75) is 22.8 Å². The summed E-state index contributed by atoms with van der Waals surface area (Å²) in [5, 5.41) is 8.90. The molecule has 0 radical (unpaired) electrons. The molecule has 0 aromatic carbocycles. The molecule has 2 rings (SSSR count). The van der Waals surface area contributed by atoms with E-state index in [0.717, 1.165) is 22.8 Å². The second kappa shape index (κ2) is 5.59. The number of sulfone groups is 1. The van der Waals surface area contributed by atoms with Gasteiger partial charge in [-0.25, -0.2) is 13.4 Å². The normalized spacial score (nSPS) is 11.9. The zero-order valence-corrected chi connectivity index (χ0v) is 13.3. The molecule has 9 heteroatoms. The van der Waals surface area contributed by atoms with Crippen LogP contribution in [-0.4, -0.2) is 40.2 Å². The van der Waals surface area contributed by atoms with Crippen LogP contribution in [0.15, 0.2) is 15.7 Å². The number of nitrogens with zero attached hydrogens (tertiary/aromatic N) is 4. The van der Waals surface area contributed by atoms with E-state index in [-0.39, 0.29) is 5.16 Å². The molecule has 2 heterocycles. The van der Waals surface area contributed by atoms with Gasteiger partial charge in [-0.3, -0.25) is 0 Å². The second-order valence-electron chi connectivity index (χ2n) is 3.98. The fourth-order valence-corrected chi connectivity index (χ4v) is 4.16. The van der Waals surface area contributed by atoms with Crippen LogP contribution in [0.1, 0.15) is 13.3 Å². The van der Waals surface area contributed by atoms with Crippen LogP contribution in [0.25, 0.3) is 10.7 Å². The first kappa shape index (κ1) is 14.5.